The van der Waals surface area contributed by atoms with Gasteiger partial charge in [-0.3, -0.25) is 13.9 Å². The number of benzene rings is 1. The van der Waals surface area contributed by atoms with Gasteiger partial charge in [0.1, 0.15) is 6.54 Å². The van der Waals surface area contributed by atoms with Crippen molar-refractivity contribution in [1.82, 2.24) is 14.5 Å². The third kappa shape index (κ3) is 3.24. The first-order valence-corrected chi connectivity index (χ1v) is 8.66. The predicted octanol–water partition coefficient (Wildman–Crippen LogP) is 1.40. The van der Waals surface area contributed by atoms with Gasteiger partial charge < -0.3 is 10.4 Å². The summed E-state index contributed by atoms with van der Waals surface area (Å²) < 4.78 is 3.07. The molecule has 2 unspecified atom stereocenters. The number of nitrogens with zero attached hydrogens (tertiary/aromatic N) is 2. The van der Waals surface area contributed by atoms with E-state index >= 15 is 0 Å². The fourth-order valence-corrected chi connectivity index (χ4v) is 3.71. The Hall–Kier alpha value is -2.08. The molecule has 0 bridgehead atoms. The van der Waals surface area contributed by atoms with E-state index in [1.54, 1.807) is 11.6 Å². The molecule has 1 fully saturated rings. The summed E-state index contributed by atoms with van der Waals surface area (Å²) in [5.41, 5.74) is 1.39. The third-order valence-electron chi connectivity index (χ3n) is 5.09. The zero-order valence-corrected chi connectivity index (χ0v) is 14.1. The Bertz CT molecular complexity index is 777. The molecule has 1 aliphatic rings. The Balaban J connectivity index is 1.78. The van der Waals surface area contributed by atoms with Gasteiger partial charge >= 0.3 is 5.69 Å². The molecule has 0 spiro atoms. The van der Waals surface area contributed by atoms with Crippen molar-refractivity contribution >= 4 is 16.9 Å². The SMILES string of the molecule is Cn1c(=O)n(CC(=O)NC2CCCCCC2CO)c2ccccc21. The van der Waals surface area contributed by atoms with Crippen molar-refractivity contribution in [3.8, 4) is 0 Å². The number of carbonyl (C=O) groups is 1. The highest BCUT2D eigenvalue weighted by Gasteiger charge is 2.25. The summed E-state index contributed by atoms with van der Waals surface area (Å²) in [7, 11) is 1.71. The average Bonchev–Trinajstić information content (AvgIpc) is 2.74. The molecule has 0 radical (unpaired) electrons. The molecule has 2 N–H and O–H groups in total. The molecule has 0 aliphatic heterocycles. The van der Waals surface area contributed by atoms with Crippen LogP contribution in [-0.2, 0) is 18.4 Å². The molecule has 2 aromatic rings. The number of aryl methyl sites for hydroxylation is 1. The van der Waals surface area contributed by atoms with Crippen LogP contribution in [0.4, 0.5) is 0 Å². The lowest BCUT2D eigenvalue weighted by atomic mass is 9.95. The van der Waals surface area contributed by atoms with Crippen LogP contribution < -0.4 is 11.0 Å². The van der Waals surface area contributed by atoms with Crippen LogP contribution in [0.25, 0.3) is 11.0 Å². The summed E-state index contributed by atoms with van der Waals surface area (Å²) in [6.45, 7) is 0.105. The summed E-state index contributed by atoms with van der Waals surface area (Å²) in [4.78, 5) is 24.9. The fourth-order valence-electron chi connectivity index (χ4n) is 3.71. The Kier molecular flexibility index (Phi) is 5.04. The second-order valence-electron chi connectivity index (χ2n) is 6.67. The van der Waals surface area contributed by atoms with Crippen LogP contribution in [0, 0.1) is 5.92 Å². The van der Waals surface area contributed by atoms with Gasteiger partial charge in [-0.2, -0.15) is 0 Å². The summed E-state index contributed by atoms with van der Waals surface area (Å²) in [5, 5.41) is 12.6. The number of imidazole rings is 1. The van der Waals surface area contributed by atoms with Crippen LogP contribution in [0.1, 0.15) is 32.1 Å². The number of aliphatic hydroxyl groups is 1. The molecule has 1 amide bonds. The number of amides is 1. The minimum absolute atomic E-state index is 0.00400. The van der Waals surface area contributed by atoms with Gasteiger partial charge in [-0.15, -0.1) is 0 Å². The number of para-hydroxylation sites is 2. The van der Waals surface area contributed by atoms with Crippen molar-refractivity contribution in [2.24, 2.45) is 13.0 Å². The van der Waals surface area contributed by atoms with E-state index in [2.05, 4.69) is 5.32 Å². The lowest BCUT2D eigenvalue weighted by Crippen LogP contribution is -2.43. The van der Waals surface area contributed by atoms with Gasteiger partial charge in [-0.05, 0) is 25.0 Å². The molecule has 6 nitrogen and oxygen atoms in total. The predicted molar refractivity (Wildman–Crippen MR) is 92.8 cm³/mol. The van der Waals surface area contributed by atoms with Crippen molar-refractivity contribution in [1.29, 1.82) is 0 Å². The molecule has 1 saturated carbocycles. The molecular weight excluding hydrogens is 306 g/mol. The largest absolute Gasteiger partial charge is 0.396 e. The molecule has 0 saturated heterocycles. The maximum Gasteiger partial charge on any atom is 0.329 e. The maximum absolute atomic E-state index is 12.5. The summed E-state index contributed by atoms with van der Waals surface area (Å²) in [5.74, 6) is -0.0560. The van der Waals surface area contributed by atoms with Crippen molar-refractivity contribution in [2.45, 2.75) is 44.7 Å². The van der Waals surface area contributed by atoms with Crippen molar-refractivity contribution in [3.63, 3.8) is 0 Å². The topological polar surface area (TPSA) is 76.3 Å². The number of hydrogen-bond donors (Lipinski definition) is 2. The van der Waals surface area contributed by atoms with E-state index in [-0.39, 0.29) is 36.7 Å². The Morgan fingerprint density at radius 2 is 1.92 bits per heavy atom. The van der Waals surface area contributed by atoms with E-state index < -0.39 is 0 Å². The zero-order valence-electron chi connectivity index (χ0n) is 14.1. The number of aromatic nitrogens is 2. The van der Waals surface area contributed by atoms with Gasteiger partial charge in [0, 0.05) is 25.6 Å². The summed E-state index contributed by atoms with van der Waals surface area (Å²) in [6, 6.07) is 7.47. The molecule has 1 aliphatic carbocycles. The minimum Gasteiger partial charge on any atom is -0.396 e. The van der Waals surface area contributed by atoms with E-state index in [1.165, 1.54) is 4.57 Å². The van der Waals surface area contributed by atoms with Gasteiger partial charge in [-0.25, -0.2) is 4.79 Å². The molecule has 2 atom stereocenters. The van der Waals surface area contributed by atoms with Crippen LogP contribution in [0.3, 0.4) is 0 Å². The maximum atomic E-state index is 12.5. The zero-order chi connectivity index (χ0) is 17.1. The number of rotatable bonds is 4. The number of carbonyl (C=O) groups excluding carboxylic acids is 1. The number of aliphatic hydroxyl groups excluding tert-OH is 1. The summed E-state index contributed by atoms with van der Waals surface area (Å²) >= 11 is 0. The Morgan fingerprint density at radius 1 is 1.21 bits per heavy atom. The van der Waals surface area contributed by atoms with E-state index in [1.807, 2.05) is 24.3 Å². The van der Waals surface area contributed by atoms with Crippen molar-refractivity contribution in [2.75, 3.05) is 6.61 Å². The highest BCUT2D eigenvalue weighted by atomic mass is 16.3. The molecule has 130 valence electrons. The average molecular weight is 331 g/mol. The highest BCUT2D eigenvalue weighted by molar-refractivity contribution is 5.81. The molecule has 24 heavy (non-hydrogen) atoms. The second kappa shape index (κ2) is 7.21. The Morgan fingerprint density at radius 3 is 2.67 bits per heavy atom. The number of hydrogen-bond acceptors (Lipinski definition) is 3. The molecule has 1 heterocycles. The molecule has 1 aromatic carbocycles. The second-order valence-corrected chi connectivity index (χ2v) is 6.67. The van der Waals surface area contributed by atoms with Crippen molar-refractivity contribution < 1.29 is 9.90 Å². The van der Waals surface area contributed by atoms with E-state index in [0.29, 0.717) is 0 Å². The lowest BCUT2D eigenvalue weighted by Gasteiger charge is -2.24. The first kappa shape index (κ1) is 16.8. The van der Waals surface area contributed by atoms with E-state index in [9.17, 15) is 14.7 Å². The van der Waals surface area contributed by atoms with Crippen LogP contribution >= 0.6 is 0 Å². The van der Waals surface area contributed by atoms with Gasteiger partial charge in [0.25, 0.3) is 0 Å². The number of nitrogens with one attached hydrogen (secondary N) is 1. The van der Waals surface area contributed by atoms with E-state index in [0.717, 1.165) is 43.1 Å². The highest BCUT2D eigenvalue weighted by Crippen LogP contribution is 2.23. The van der Waals surface area contributed by atoms with Crippen LogP contribution in [0.15, 0.2) is 29.1 Å². The molecule has 6 heteroatoms. The normalized spacial score (nSPS) is 21.6. The first-order valence-electron chi connectivity index (χ1n) is 8.66. The number of fused-ring (bicyclic) bond motifs is 1. The molecule has 1 aromatic heterocycles. The van der Waals surface area contributed by atoms with Gasteiger partial charge in [0.2, 0.25) is 5.91 Å². The minimum atomic E-state index is -0.189. The van der Waals surface area contributed by atoms with Crippen LogP contribution in [0.2, 0.25) is 0 Å². The third-order valence-corrected chi connectivity index (χ3v) is 5.09. The smallest absolute Gasteiger partial charge is 0.329 e. The van der Waals surface area contributed by atoms with Crippen LogP contribution in [0.5, 0.6) is 0 Å². The van der Waals surface area contributed by atoms with E-state index in [4.69, 9.17) is 0 Å². The summed E-state index contributed by atoms with van der Waals surface area (Å²) in [6.07, 6.45) is 5.14. The van der Waals surface area contributed by atoms with Gasteiger partial charge in [0.05, 0.1) is 11.0 Å². The molecule has 3 rings (SSSR count). The standard InChI is InChI=1S/C18H25N3O3/c1-20-15-9-5-6-10-16(15)21(18(20)24)11-17(23)19-14-8-4-2-3-7-13(14)12-22/h5-6,9-10,13-14,22H,2-4,7-8,11-12H2,1H3,(H,19,23). The lowest BCUT2D eigenvalue weighted by molar-refractivity contribution is -0.122. The quantitative estimate of drug-likeness (QED) is 0.832. The first-order chi connectivity index (χ1) is 11.6. The monoisotopic (exact) mass is 331 g/mol. The van der Waals surface area contributed by atoms with Crippen LogP contribution in [-0.4, -0.2) is 32.8 Å². The van der Waals surface area contributed by atoms with Gasteiger partial charge in [-0.1, -0.05) is 31.4 Å². The van der Waals surface area contributed by atoms with Crippen molar-refractivity contribution in [3.05, 3.63) is 34.7 Å². The Labute approximate surface area is 141 Å². The fraction of sp³-hybridized carbons (Fsp3) is 0.556. The van der Waals surface area contributed by atoms with Gasteiger partial charge in [0.15, 0.2) is 0 Å². The molecular formula is C18H25N3O3.